The summed E-state index contributed by atoms with van der Waals surface area (Å²) in [5, 5.41) is 0. The SMILES string of the molecule is COC(=O)C(=O)[C@@H](C/C=C\CCOCOCc1ccccc1)C(=O)OC. The summed E-state index contributed by atoms with van der Waals surface area (Å²) in [6, 6.07) is 9.76. The van der Waals surface area contributed by atoms with Crippen LogP contribution < -0.4 is 0 Å². The Morgan fingerprint density at radius 3 is 2.38 bits per heavy atom. The molecule has 7 nitrogen and oxygen atoms in total. The highest BCUT2D eigenvalue weighted by atomic mass is 16.7. The molecule has 1 atom stereocenters. The van der Waals surface area contributed by atoms with E-state index in [-0.39, 0.29) is 13.2 Å². The van der Waals surface area contributed by atoms with Crippen LogP contribution in [0.4, 0.5) is 0 Å². The van der Waals surface area contributed by atoms with Crippen LogP contribution in [0, 0.1) is 5.92 Å². The van der Waals surface area contributed by atoms with Gasteiger partial charge in [0.05, 0.1) is 27.4 Å². The van der Waals surface area contributed by atoms with Crippen molar-refractivity contribution >= 4 is 17.7 Å². The molecule has 1 rings (SSSR count). The van der Waals surface area contributed by atoms with Gasteiger partial charge in [-0.1, -0.05) is 42.5 Å². The average molecular weight is 364 g/mol. The molecule has 0 amide bonds. The maximum absolute atomic E-state index is 11.8. The summed E-state index contributed by atoms with van der Waals surface area (Å²) in [6.07, 6.45) is 4.04. The molecule has 0 aromatic heterocycles. The number of carbonyl (C=O) groups excluding carboxylic acids is 3. The summed E-state index contributed by atoms with van der Waals surface area (Å²) < 4.78 is 19.6. The van der Waals surface area contributed by atoms with Gasteiger partial charge in [-0.15, -0.1) is 0 Å². The Labute approximate surface area is 152 Å². The predicted molar refractivity (Wildman–Crippen MR) is 93.0 cm³/mol. The first-order valence-electron chi connectivity index (χ1n) is 8.14. The van der Waals surface area contributed by atoms with Crippen LogP contribution in [0.5, 0.6) is 0 Å². The molecule has 1 aromatic carbocycles. The van der Waals surface area contributed by atoms with E-state index < -0.39 is 23.6 Å². The summed E-state index contributed by atoms with van der Waals surface area (Å²) in [5.74, 6) is -3.95. The van der Waals surface area contributed by atoms with Crippen molar-refractivity contribution in [2.24, 2.45) is 5.92 Å². The molecular formula is C19H24O7. The average Bonchev–Trinajstić information content (AvgIpc) is 2.68. The number of esters is 2. The van der Waals surface area contributed by atoms with E-state index in [2.05, 4.69) is 9.47 Å². The van der Waals surface area contributed by atoms with Crippen molar-refractivity contribution in [1.29, 1.82) is 0 Å². The van der Waals surface area contributed by atoms with Crippen LogP contribution in [0.2, 0.25) is 0 Å². The van der Waals surface area contributed by atoms with E-state index >= 15 is 0 Å². The molecule has 0 aliphatic heterocycles. The van der Waals surface area contributed by atoms with Gasteiger partial charge in [0, 0.05) is 0 Å². The monoisotopic (exact) mass is 364 g/mol. The summed E-state index contributed by atoms with van der Waals surface area (Å²) in [7, 11) is 2.24. The highest BCUT2D eigenvalue weighted by molar-refractivity contribution is 6.37. The third-order valence-electron chi connectivity index (χ3n) is 3.43. The Bertz CT molecular complexity index is 595. The van der Waals surface area contributed by atoms with Gasteiger partial charge in [0.15, 0.2) is 0 Å². The molecule has 7 heteroatoms. The fourth-order valence-corrected chi connectivity index (χ4v) is 2.05. The molecule has 0 saturated heterocycles. The van der Waals surface area contributed by atoms with Crippen LogP contribution in [0.15, 0.2) is 42.5 Å². The van der Waals surface area contributed by atoms with Gasteiger partial charge in [-0.25, -0.2) is 4.79 Å². The van der Waals surface area contributed by atoms with Gasteiger partial charge >= 0.3 is 11.9 Å². The summed E-state index contributed by atoms with van der Waals surface area (Å²) in [6.45, 7) is 1.08. The standard InChI is InChI=1S/C19H24O7/c1-23-18(21)16(17(20)19(22)24-2)11-7-4-8-12-25-14-26-13-15-9-5-3-6-10-15/h3-7,9-10,16H,8,11-14H2,1-2H3/b7-4-/t16-/m1/s1. The zero-order valence-electron chi connectivity index (χ0n) is 15.0. The first-order chi connectivity index (χ1) is 12.6. The number of Topliss-reactive ketones (excluding diaryl/α,β-unsaturated/α-hetero) is 1. The number of hydrogen-bond acceptors (Lipinski definition) is 7. The number of carbonyl (C=O) groups is 3. The molecule has 0 aliphatic rings. The quantitative estimate of drug-likeness (QED) is 0.140. The Kier molecular flexibility index (Phi) is 10.6. The third-order valence-corrected chi connectivity index (χ3v) is 3.43. The Morgan fingerprint density at radius 2 is 1.73 bits per heavy atom. The lowest BCUT2D eigenvalue weighted by molar-refractivity contribution is -0.159. The molecule has 0 aliphatic carbocycles. The third kappa shape index (κ3) is 8.04. The zero-order valence-corrected chi connectivity index (χ0v) is 15.0. The molecule has 0 heterocycles. The number of rotatable bonds is 12. The molecule has 0 fully saturated rings. The first-order valence-corrected chi connectivity index (χ1v) is 8.14. The van der Waals surface area contributed by atoms with Crippen molar-refractivity contribution in [3.8, 4) is 0 Å². The second kappa shape index (κ2) is 12.8. The van der Waals surface area contributed by atoms with Gasteiger partial charge in [0.25, 0.3) is 5.78 Å². The minimum atomic E-state index is -1.20. The van der Waals surface area contributed by atoms with Crippen LogP contribution in [0.1, 0.15) is 18.4 Å². The molecule has 142 valence electrons. The maximum atomic E-state index is 11.8. The van der Waals surface area contributed by atoms with Crippen LogP contribution >= 0.6 is 0 Å². The van der Waals surface area contributed by atoms with E-state index in [1.54, 1.807) is 12.2 Å². The second-order valence-corrected chi connectivity index (χ2v) is 5.29. The lowest BCUT2D eigenvalue weighted by atomic mass is 10.00. The van der Waals surface area contributed by atoms with Crippen molar-refractivity contribution in [2.75, 3.05) is 27.6 Å². The topological polar surface area (TPSA) is 88.1 Å². The molecule has 1 aromatic rings. The summed E-state index contributed by atoms with van der Waals surface area (Å²) in [5.41, 5.74) is 1.07. The van der Waals surface area contributed by atoms with E-state index in [1.165, 1.54) is 0 Å². The van der Waals surface area contributed by atoms with E-state index in [4.69, 9.17) is 9.47 Å². The van der Waals surface area contributed by atoms with Gasteiger partial charge in [0.1, 0.15) is 12.7 Å². The smallest absolute Gasteiger partial charge is 0.375 e. The Morgan fingerprint density at radius 1 is 1.00 bits per heavy atom. The number of hydrogen-bond donors (Lipinski definition) is 0. The second-order valence-electron chi connectivity index (χ2n) is 5.29. The fourth-order valence-electron chi connectivity index (χ4n) is 2.05. The molecule has 0 bridgehead atoms. The van der Waals surface area contributed by atoms with Crippen LogP contribution in [-0.2, 0) is 39.9 Å². The number of methoxy groups -OCH3 is 2. The van der Waals surface area contributed by atoms with Crippen molar-refractivity contribution in [1.82, 2.24) is 0 Å². The molecule has 0 N–H and O–H groups in total. The lowest BCUT2D eigenvalue weighted by Gasteiger charge is -2.09. The molecule has 26 heavy (non-hydrogen) atoms. The van der Waals surface area contributed by atoms with Crippen LogP contribution in [-0.4, -0.2) is 45.3 Å². The predicted octanol–water partition coefficient (Wildman–Crippen LogP) is 2.04. The zero-order chi connectivity index (χ0) is 19.2. The molecule has 0 unspecified atom stereocenters. The number of allylic oxidation sites excluding steroid dienone is 1. The number of benzene rings is 1. The molecule has 0 saturated carbocycles. The number of ketones is 1. The minimum Gasteiger partial charge on any atom is -0.468 e. The first kappa shape index (κ1) is 21.5. The molecule has 0 radical (unpaired) electrons. The van der Waals surface area contributed by atoms with Gasteiger partial charge in [-0.2, -0.15) is 0 Å². The highest BCUT2D eigenvalue weighted by Crippen LogP contribution is 2.10. The van der Waals surface area contributed by atoms with Crippen molar-refractivity contribution in [2.45, 2.75) is 19.4 Å². The minimum absolute atomic E-state index is 0.0606. The highest BCUT2D eigenvalue weighted by Gasteiger charge is 2.32. The maximum Gasteiger partial charge on any atom is 0.375 e. The van der Waals surface area contributed by atoms with Crippen LogP contribution in [0.3, 0.4) is 0 Å². The number of ether oxygens (including phenoxy) is 4. The van der Waals surface area contributed by atoms with Gasteiger partial charge in [-0.05, 0) is 18.4 Å². The molecule has 0 spiro atoms. The van der Waals surface area contributed by atoms with Crippen LogP contribution in [0.25, 0.3) is 0 Å². The van der Waals surface area contributed by atoms with Gasteiger partial charge in [0.2, 0.25) is 0 Å². The molecular weight excluding hydrogens is 340 g/mol. The van der Waals surface area contributed by atoms with Gasteiger partial charge < -0.3 is 18.9 Å². The van der Waals surface area contributed by atoms with E-state index in [0.29, 0.717) is 19.6 Å². The van der Waals surface area contributed by atoms with Crippen molar-refractivity contribution in [3.63, 3.8) is 0 Å². The lowest BCUT2D eigenvalue weighted by Crippen LogP contribution is -2.31. The summed E-state index contributed by atoms with van der Waals surface area (Å²) >= 11 is 0. The largest absolute Gasteiger partial charge is 0.468 e. The van der Waals surface area contributed by atoms with E-state index in [9.17, 15) is 14.4 Å². The van der Waals surface area contributed by atoms with Crippen molar-refractivity contribution in [3.05, 3.63) is 48.0 Å². The van der Waals surface area contributed by atoms with Crippen molar-refractivity contribution < 1.29 is 33.3 Å². The van der Waals surface area contributed by atoms with E-state index in [0.717, 1.165) is 19.8 Å². The van der Waals surface area contributed by atoms with E-state index in [1.807, 2.05) is 30.3 Å². The normalized spacial score (nSPS) is 11.9. The Balaban J connectivity index is 2.22. The fraction of sp³-hybridized carbons (Fsp3) is 0.421. The van der Waals surface area contributed by atoms with Gasteiger partial charge in [-0.3, -0.25) is 9.59 Å². The summed E-state index contributed by atoms with van der Waals surface area (Å²) in [4.78, 5) is 34.7. The Hall–Kier alpha value is -2.51.